The third kappa shape index (κ3) is 3.81. The average Bonchev–Trinajstić information content (AvgIpc) is 2.68. The number of amides is 4. The molecule has 0 aromatic heterocycles. The van der Waals surface area contributed by atoms with Gasteiger partial charge < -0.3 is 9.47 Å². The lowest BCUT2D eigenvalue weighted by atomic mass is 10.1. The van der Waals surface area contributed by atoms with Crippen molar-refractivity contribution in [1.29, 1.82) is 0 Å². The molecule has 8 nitrogen and oxygen atoms in total. The monoisotopic (exact) mass is 401 g/mol. The van der Waals surface area contributed by atoms with Gasteiger partial charge in [0.15, 0.2) is 5.92 Å². The third-order valence-electron chi connectivity index (χ3n) is 4.04. The molecule has 1 aliphatic heterocycles. The number of anilines is 1. The van der Waals surface area contributed by atoms with Crippen molar-refractivity contribution < 1.29 is 23.9 Å². The Bertz CT molecular complexity index is 959. The van der Waals surface area contributed by atoms with Crippen molar-refractivity contribution in [1.82, 2.24) is 5.32 Å². The van der Waals surface area contributed by atoms with Gasteiger partial charge in [0.05, 0.1) is 19.9 Å². The van der Waals surface area contributed by atoms with Crippen LogP contribution in [0.5, 0.6) is 11.5 Å². The Labute approximate surface area is 165 Å². The van der Waals surface area contributed by atoms with Gasteiger partial charge in [0.1, 0.15) is 17.2 Å². The molecule has 0 unspecified atom stereocenters. The number of urea groups is 1. The quantitative estimate of drug-likeness (QED) is 0.613. The predicted molar refractivity (Wildman–Crippen MR) is 104 cm³/mol. The minimum Gasteiger partial charge on any atom is -0.497 e. The van der Waals surface area contributed by atoms with Crippen molar-refractivity contribution in [3.63, 3.8) is 0 Å². The zero-order valence-electron chi connectivity index (χ0n) is 15.0. The van der Waals surface area contributed by atoms with Gasteiger partial charge in [0.25, 0.3) is 5.91 Å². The second-order valence-corrected chi connectivity index (χ2v) is 6.17. The van der Waals surface area contributed by atoms with Crippen LogP contribution in [0.3, 0.4) is 0 Å². The lowest BCUT2D eigenvalue weighted by Gasteiger charge is -2.28. The molecule has 1 fully saturated rings. The fourth-order valence-corrected chi connectivity index (χ4v) is 2.73. The Morgan fingerprint density at radius 1 is 1.07 bits per heavy atom. The van der Waals surface area contributed by atoms with Gasteiger partial charge >= 0.3 is 6.03 Å². The molecule has 2 aromatic rings. The first-order valence-electron chi connectivity index (χ1n) is 8.15. The summed E-state index contributed by atoms with van der Waals surface area (Å²) in [4.78, 5) is 42.2. The number of rotatable bonds is 5. The molecular weight excluding hydrogens is 386 g/mol. The lowest BCUT2D eigenvalue weighted by molar-refractivity contribution is -0.131. The molecule has 0 spiro atoms. The van der Waals surface area contributed by atoms with Gasteiger partial charge in [-0.2, -0.15) is 0 Å². The highest BCUT2D eigenvalue weighted by Gasteiger charge is 2.40. The Morgan fingerprint density at radius 2 is 1.79 bits per heavy atom. The van der Waals surface area contributed by atoms with Crippen LogP contribution in [0.15, 0.2) is 47.5 Å². The van der Waals surface area contributed by atoms with E-state index in [1.165, 1.54) is 44.7 Å². The number of hydrogen-bond donors (Lipinski definition) is 1. The number of aliphatic imine (C=N–C) groups is 1. The molecule has 1 heterocycles. The summed E-state index contributed by atoms with van der Waals surface area (Å²) in [6, 6.07) is 10.2. The standard InChI is InChI=1S/C19H16ClN3O5/c1-27-13-7-8-16(28-2)15(9-13)21-10-14-17(24)22-19(26)23(18(14)25)12-5-3-11(20)4-6-12/h3-10,14H,1-2H3,(H,22,24,26)/t14-/m0/s1. The number of nitrogens with one attached hydrogen (secondary N) is 1. The van der Waals surface area contributed by atoms with Gasteiger partial charge in [-0.1, -0.05) is 11.6 Å². The van der Waals surface area contributed by atoms with Crippen LogP contribution in [0.4, 0.5) is 16.2 Å². The topological polar surface area (TPSA) is 97.3 Å². The van der Waals surface area contributed by atoms with Crippen LogP contribution < -0.4 is 19.7 Å². The van der Waals surface area contributed by atoms with Crippen LogP contribution >= 0.6 is 11.6 Å². The second-order valence-electron chi connectivity index (χ2n) is 5.74. The normalized spacial score (nSPS) is 17.0. The zero-order chi connectivity index (χ0) is 20.3. The van der Waals surface area contributed by atoms with Gasteiger partial charge in [0, 0.05) is 17.3 Å². The Balaban J connectivity index is 1.92. The summed E-state index contributed by atoms with van der Waals surface area (Å²) >= 11 is 5.84. The van der Waals surface area contributed by atoms with Gasteiger partial charge in [-0.3, -0.25) is 19.9 Å². The Hall–Kier alpha value is -3.39. The van der Waals surface area contributed by atoms with Crippen LogP contribution in [0, 0.1) is 5.92 Å². The minimum atomic E-state index is -1.29. The Morgan fingerprint density at radius 3 is 2.43 bits per heavy atom. The highest BCUT2D eigenvalue weighted by molar-refractivity contribution is 6.33. The third-order valence-corrected chi connectivity index (χ3v) is 4.29. The number of halogens is 1. The molecule has 144 valence electrons. The number of imide groups is 2. The zero-order valence-corrected chi connectivity index (χ0v) is 15.8. The molecule has 0 aliphatic carbocycles. The van der Waals surface area contributed by atoms with E-state index in [-0.39, 0.29) is 5.69 Å². The van der Waals surface area contributed by atoms with Crippen molar-refractivity contribution in [2.75, 3.05) is 19.1 Å². The molecular formula is C19H16ClN3O5. The largest absolute Gasteiger partial charge is 0.497 e. The maximum absolute atomic E-state index is 12.8. The van der Waals surface area contributed by atoms with Crippen LogP contribution in [-0.2, 0) is 9.59 Å². The summed E-state index contributed by atoms with van der Waals surface area (Å²) in [6.45, 7) is 0. The molecule has 1 aliphatic rings. The first kappa shape index (κ1) is 19.4. The van der Waals surface area contributed by atoms with Crippen molar-refractivity contribution in [2.45, 2.75) is 0 Å². The molecule has 28 heavy (non-hydrogen) atoms. The fraction of sp³-hybridized carbons (Fsp3) is 0.158. The van der Waals surface area contributed by atoms with Crippen molar-refractivity contribution in [2.24, 2.45) is 10.9 Å². The molecule has 0 radical (unpaired) electrons. The molecule has 0 bridgehead atoms. The molecule has 4 amide bonds. The van der Waals surface area contributed by atoms with Crippen LogP contribution in [-0.4, -0.2) is 38.3 Å². The van der Waals surface area contributed by atoms with Crippen molar-refractivity contribution in [3.05, 3.63) is 47.5 Å². The maximum Gasteiger partial charge on any atom is 0.335 e. The van der Waals surface area contributed by atoms with Gasteiger partial charge in [-0.15, -0.1) is 0 Å². The molecule has 1 saturated heterocycles. The number of nitrogens with zero attached hydrogens (tertiary/aromatic N) is 2. The number of carbonyl (C=O) groups excluding carboxylic acids is 3. The summed E-state index contributed by atoms with van der Waals surface area (Å²) in [7, 11) is 2.98. The number of methoxy groups -OCH3 is 2. The molecule has 0 saturated carbocycles. The average molecular weight is 402 g/mol. The summed E-state index contributed by atoms with van der Waals surface area (Å²) in [5.41, 5.74) is 0.661. The number of benzene rings is 2. The number of hydrogen-bond acceptors (Lipinski definition) is 6. The number of carbonyl (C=O) groups is 3. The number of ether oxygens (including phenoxy) is 2. The van der Waals surface area contributed by atoms with Gasteiger partial charge in [0.2, 0.25) is 5.91 Å². The predicted octanol–water partition coefficient (Wildman–Crippen LogP) is 2.96. The van der Waals surface area contributed by atoms with Crippen molar-refractivity contribution >= 4 is 47.0 Å². The smallest absolute Gasteiger partial charge is 0.335 e. The summed E-state index contributed by atoms with van der Waals surface area (Å²) < 4.78 is 10.4. The highest BCUT2D eigenvalue weighted by Crippen LogP contribution is 2.31. The van der Waals surface area contributed by atoms with Crippen molar-refractivity contribution in [3.8, 4) is 11.5 Å². The van der Waals surface area contributed by atoms with E-state index in [9.17, 15) is 14.4 Å². The highest BCUT2D eigenvalue weighted by atomic mass is 35.5. The lowest BCUT2D eigenvalue weighted by Crippen LogP contribution is -2.58. The van der Waals surface area contributed by atoms with Gasteiger partial charge in [-0.05, 0) is 36.4 Å². The van der Waals surface area contributed by atoms with E-state index in [2.05, 4.69) is 10.3 Å². The summed E-state index contributed by atoms with van der Waals surface area (Å²) in [5, 5.41) is 2.61. The SMILES string of the molecule is COc1ccc(OC)c(N=C[C@H]2C(=O)NC(=O)N(c3ccc(Cl)cc3)C2=O)c1. The van der Waals surface area contributed by atoms with E-state index in [1.54, 1.807) is 18.2 Å². The van der Waals surface area contributed by atoms with Gasteiger partial charge in [-0.25, -0.2) is 9.69 Å². The van der Waals surface area contributed by atoms with E-state index in [4.69, 9.17) is 21.1 Å². The molecule has 9 heteroatoms. The van der Waals surface area contributed by atoms with E-state index in [0.717, 1.165) is 4.90 Å². The Kier molecular flexibility index (Phi) is 5.60. The first-order valence-corrected chi connectivity index (χ1v) is 8.53. The second kappa shape index (κ2) is 8.10. The first-order chi connectivity index (χ1) is 13.4. The molecule has 1 atom stereocenters. The van der Waals surface area contributed by atoms with E-state index < -0.39 is 23.8 Å². The maximum atomic E-state index is 12.8. The molecule has 3 rings (SSSR count). The minimum absolute atomic E-state index is 0.289. The van der Waals surface area contributed by atoms with Crippen LogP contribution in [0.25, 0.3) is 0 Å². The van der Waals surface area contributed by atoms with E-state index in [0.29, 0.717) is 22.2 Å². The molecule has 1 N–H and O–H groups in total. The summed E-state index contributed by atoms with van der Waals surface area (Å²) in [5.74, 6) is -1.80. The fourth-order valence-electron chi connectivity index (χ4n) is 2.61. The number of barbiturate groups is 1. The molecule has 2 aromatic carbocycles. The van der Waals surface area contributed by atoms with E-state index >= 15 is 0 Å². The van der Waals surface area contributed by atoms with Crippen LogP contribution in [0.2, 0.25) is 5.02 Å². The summed E-state index contributed by atoms with van der Waals surface area (Å²) in [6.07, 6.45) is 1.17. The van der Waals surface area contributed by atoms with Crippen LogP contribution in [0.1, 0.15) is 0 Å². The van der Waals surface area contributed by atoms with E-state index in [1.807, 2.05) is 0 Å².